The Bertz CT molecular complexity index is 638. The van der Waals surface area contributed by atoms with Crippen LogP contribution in [0, 0.1) is 11.8 Å². The van der Waals surface area contributed by atoms with Gasteiger partial charge in [0.1, 0.15) is 0 Å². The Hall–Kier alpha value is -1.38. The number of anilines is 1. The molecule has 166 valence electrons. The molecule has 1 aliphatic rings. The van der Waals surface area contributed by atoms with E-state index in [0.29, 0.717) is 11.6 Å². The molecule has 0 radical (unpaired) electrons. The molecule has 0 spiro atoms. The van der Waals surface area contributed by atoms with Crippen molar-refractivity contribution in [2.24, 2.45) is 17.6 Å². The standard InChI is InChI=1S/C20H32N4O3.2ClH/c1-14(2)19(21)20(27)22-11-18(26)23-17-5-3-4-16(10-17)12-24-8-6-15(13-25)7-9-24;;/h3-5,10,14-15,19,25H,6-9,11-13,21H2,1-2H3,(H,22,27)(H,23,26);2*1H/t19-;;/m0../s1. The molecule has 1 aromatic rings. The van der Waals surface area contributed by atoms with E-state index in [9.17, 15) is 14.7 Å². The number of piperidine rings is 1. The van der Waals surface area contributed by atoms with Gasteiger partial charge in [0.15, 0.2) is 0 Å². The second-order valence-electron chi connectivity index (χ2n) is 7.64. The van der Waals surface area contributed by atoms with Crippen molar-refractivity contribution in [3.05, 3.63) is 29.8 Å². The van der Waals surface area contributed by atoms with Gasteiger partial charge < -0.3 is 21.5 Å². The van der Waals surface area contributed by atoms with E-state index in [1.165, 1.54) is 0 Å². The minimum absolute atomic E-state index is 0. The topological polar surface area (TPSA) is 108 Å². The van der Waals surface area contributed by atoms with Crippen molar-refractivity contribution in [3.63, 3.8) is 0 Å². The zero-order chi connectivity index (χ0) is 19.8. The zero-order valence-electron chi connectivity index (χ0n) is 17.1. The lowest BCUT2D eigenvalue weighted by molar-refractivity contribution is -0.125. The molecule has 1 aromatic carbocycles. The lowest BCUT2D eigenvalue weighted by Gasteiger charge is -2.31. The van der Waals surface area contributed by atoms with E-state index in [4.69, 9.17) is 5.73 Å². The molecule has 0 unspecified atom stereocenters. The van der Waals surface area contributed by atoms with E-state index < -0.39 is 6.04 Å². The number of carbonyl (C=O) groups is 2. The van der Waals surface area contributed by atoms with Crippen LogP contribution in [0.2, 0.25) is 0 Å². The molecule has 0 saturated carbocycles. The molecule has 9 heteroatoms. The Balaban J connectivity index is 0.00000392. The van der Waals surface area contributed by atoms with Crippen LogP contribution in [0.1, 0.15) is 32.3 Å². The maximum Gasteiger partial charge on any atom is 0.243 e. The van der Waals surface area contributed by atoms with E-state index in [1.54, 1.807) is 0 Å². The van der Waals surface area contributed by atoms with Gasteiger partial charge in [-0.05, 0) is 55.5 Å². The third kappa shape index (κ3) is 9.31. The molecule has 2 amide bonds. The van der Waals surface area contributed by atoms with Crippen molar-refractivity contribution < 1.29 is 14.7 Å². The first-order valence-electron chi connectivity index (χ1n) is 9.64. The number of aliphatic hydroxyl groups is 1. The lowest BCUT2D eigenvalue weighted by atomic mass is 9.97. The third-order valence-electron chi connectivity index (χ3n) is 5.03. The summed E-state index contributed by atoms with van der Waals surface area (Å²) in [5.41, 5.74) is 7.60. The molecule has 1 fully saturated rings. The number of halogens is 2. The average molecular weight is 449 g/mol. The van der Waals surface area contributed by atoms with Gasteiger partial charge in [-0.2, -0.15) is 0 Å². The van der Waals surface area contributed by atoms with Gasteiger partial charge in [0.25, 0.3) is 0 Å². The highest BCUT2D eigenvalue weighted by Gasteiger charge is 2.19. The molecular formula is C20H34Cl2N4O3. The van der Waals surface area contributed by atoms with Gasteiger partial charge in [0, 0.05) is 18.8 Å². The molecule has 2 rings (SSSR count). The first kappa shape index (κ1) is 27.6. The number of nitrogens with one attached hydrogen (secondary N) is 2. The van der Waals surface area contributed by atoms with Crippen LogP contribution < -0.4 is 16.4 Å². The molecule has 1 atom stereocenters. The van der Waals surface area contributed by atoms with Gasteiger partial charge in [-0.1, -0.05) is 26.0 Å². The molecule has 29 heavy (non-hydrogen) atoms. The number of likely N-dealkylation sites (tertiary alicyclic amines) is 1. The van der Waals surface area contributed by atoms with Crippen LogP contribution in [0.15, 0.2) is 24.3 Å². The van der Waals surface area contributed by atoms with Crippen LogP contribution in [0.5, 0.6) is 0 Å². The zero-order valence-corrected chi connectivity index (χ0v) is 18.7. The van der Waals surface area contributed by atoms with E-state index in [-0.39, 0.29) is 55.7 Å². The number of hydrogen-bond acceptors (Lipinski definition) is 5. The number of hydrogen-bond donors (Lipinski definition) is 4. The highest BCUT2D eigenvalue weighted by molar-refractivity contribution is 5.95. The number of amides is 2. The number of nitrogens with zero attached hydrogens (tertiary/aromatic N) is 1. The SMILES string of the molecule is CC(C)[C@H](N)C(=O)NCC(=O)Nc1cccc(CN2CCC(CO)CC2)c1.Cl.Cl. The van der Waals surface area contributed by atoms with Gasteiger partial charge in [-0.3, -0.25) is 14.5 Å². The minimum atomic E-state index is -0.615. The molecule has 5 N–H and O–H groups in total. The van der Waals surface area contributed by atoms with Crippen LogP contribution in [-0.2, 0) is 16.1 Å². The Morgan fingerprint density at radius 1 is 1.24 bits per heavy atom. The number of aliphatic hydroxyl groups excluding tert-OH is 1. The summed E-state index contributed by atoms with van der Waals surface area (Å²) in [5, 5.41) is 14.6. The summed E-state index contributed by atoms with van der Waals surface area (Å²) in [6.07, 6.45) is 2.04. The second kappa shape index (κ2) is 13.8. The maximum atomic E-state index is 12.1. The van der Waals surface area contributed by atoms with Gasteiger partial charge in [-0.25, -0.2) is 0 Å². The molecular weight excluding hydrogens is 415 g/mol. The van der Waals surface area contributed by atoms with Crippen LogP contribution in [0.3, 0.4) is 0 Å². The number of benzene rings is 1. The van der Waals surface area contributed by atoms with E-state index in [2.05, 4.69) is 15.5 Å². The smallest absolute Gasteiger partial charge is 0.243 e. The summed E-state index contributed by atoms with van der Waals surface area (Å²) in [7, 11) is 0. The monoisotopic (exact) mass is 448 g/mol. The number of rotatable bonds is 8. The van der Waals surface area contributed by atoms with Crippen LogP contribution in [0.4, 0.5) is 5.69 Å². The fourth-order valence-electron chi connectivity index (χ4n) is 3.13. The van der Waals surface area contributed by atoms with Crippen molar-refractivity contribution >= 4 is 42.3 Å². The number of carbonyl (C=O) groups excluding carboxylic acids is 2. The minimum Gasteiger partial charge on any atom is -0.396 e. The fraction of sp³-hybridized carbons (Fsp3) is 0.600. The summed E-state index contributed by atoms with van der Waals surface area (Å²) in [6.45, 7) is 6.67. The van der Waals surface area contributed by atoms with Crippen LogP contribution >= 0.6 is 24.8 Å². The summed E-state index contributed by atoms with van der Waals surface area (Å²) in [5.74, 6) is -0.154. The summed E-state index contributed by atoms with van der Waals surface area (Å²) < 4.78 is 0. The maximum absolute atomic E-state index is 12.1. The molecule has 7 nitrogen and oxygen atoms in total. The van der Waals surface area contributed by atoms with Crippen molar-refractivity contribution in [2.45, 2.75) is 39.3 Å². The second-order valence-corrected chi connectivity index (χ2v) is 7.64. The summed E-state index contributed by atoms with van der Waals surface area (Å²) in [6, 6.07) is 7.13. The highest BCUT2D eigenvalue weighted by atomic mass is 35.5. The Kier molecular flexibility index (Phi) is 13.1. The molecule has 1 heterocycles. The van der Waals surface area contributed by atoms with Gasteiger partial charge in [-0.15, -0.1) is 24.8 Å². The van der Waals surface area contributed by atoms with Crippen molar-refractivity contribution in [1.82, 2.24) is 10.2 Å². The van der Waals surface area contributed by atoms with E-state index in [0.717, 1.165) is 38.0 Å². The summed E-state index contributed by atoms with van der Waals surface area (Å²) in [4.78, 5) is 26.3. The van der Waals surface area contributed by atoms with E-state index in [1.807, 2.05) is 38.1 Å². The van der Waals surface area contributed by atoms with Crippen molar-refractivity contribution in [2.75, 3.05) is 31.6 Å². The van der Waals surface area contributed by atoms with Gasteiger partial charge >= 0.3 is 0 Å². The molecule has 1 saturated heterocycles. The third-order valence-corrected chi connectivity index (χ3v) is 5.03. The molecule has 1 aliphatic heterocycles. The van der Waals surface area contributed by atoms with Crippen LogP contribution in [0.25, 0.3) is 0 Å². The first-order valence-corrected chi connectivity index (χ1v) is 9.64. The van der Waals surface area contributed by atoms with E-state index >= 15 is 0 Å². The first-order chi connectivity index (χ1) is 12.9. The largest absolute Gasteiger partial charge is 0.396 e. The lowest BCUT2D eigenvalue weighted by Crippen LogP contribution is -2.46. The normalized spacial score (nSPS) is 15.8. The average Bonchev–Trinajstić information content (AvgIpc) is 2.66. The molecule has 0 bridgehead atoms. The Morgan fingerprint density at radius 2 is 1.90 bits per heavy atom. The van der Waals surface area contributed by atoms with Gasteiger partial charge in [0.2, 0.25) is 11.8 Å². The van der Waals surface area contributed by atoms with Gasteiger partial charge in [0.05, 0.1) is 12.6 Å². The Morgan fingerprint density at radius 3 is 2.48 bits per heavy atom. The predicted molar refractivity (Wildman–Crippen MR) is 120 cm³/mol. The Labute approximate surface area is 185 Å². The predicted octanol–water partition coefficient (Wildman–Crippen LogP) is 1.77. The highest BCUT2D eigenvalue weighted by Crippen LogP contribution is 2.19. The fourth-order valence-corrected chi connectivity index (χ4v) is 3.13. The number of nitrogens with two attached hydrogens (primary N) is 1. The summed E-state index contributed by atoms with van der Waals surface area (Å²) >= 11 is 0. The van der Waals surface area contributed by atoms with Crippen molar-refractivity contribution in [3.8, 4) is 0 Å². The van der Waals surface area contributed by atoms with Crippen LogP contribution in [-0.4, -0.2) is 54.1 Å². The quantitative estimate of drug-likeness (QED) is 0.484. The molecule has 0 aliphatic carbocycles. The molecule has 0 aromatic heterocycles. The van der Waals surface area contributed by atoms with Crippen molar-refractivity contribution in [1.29, 1.82) is 0 Å².